The minimum Gasteiger partial charge on any atom is -0.497 e. The summed E-state index contributed by atoms with van der Waals surface area (Å²) in [7, 11) is 3.17. The van der Waals surface area contributed by atoms with Crippen molar-refractivity contribution in [2.75, 3.05) is 20.8 Å². The minimum atomic E-state index is -0.585. The molecule has 2 aromatic carbocycles. The van der Waals surface area contributed by atoms with Gasteiger partial charge in [-0.1, -0.05) is 50.5 Å². The molecule has 1 aliphatic carbocycles. The van der Waals surface area contributed by atoms with Crippen LogP contribution >= 0.6 is 0 Å². The first-order valence-corrected chi connectivity index (χ1v) is 12.0. The highest BCUT2D eigenvalue weighted by atomic mass is 16.5. The van der Waals surface area contributed by atoms with Crippen LogP contribution in [0.2, 0.25) is 0 Å². The van der Waals surface area contributed by atoms with Crippen LogP contribution in [0.5, 0.6) is 17.2 Å². The second-order valence-electron chi connectivity index (χ2n) is 8.58. The third kappa shape index (κ3) is 6.89. The third-order valence-corrected chi connectivity index (χ3v) is 6.27. The molecule has 1 aliphatic rings. The first-order valence-electron chi connectivity index (χ1n) is 12.0. The van der Waals surface area contributed by atoms with E-state index in [2.05, 4.69) is 5.32 Å². The van der Waals surface area contributed by atoms with E-state index >= 15 is 0 Å². The largest absolute Gasteiger partial charge is 0.497 e. The Bertz CT molecular complexity index is 925. The first kappa shape index (κ1) is 25.4. The van der Waals surface area contributed by atoms with Crippen molar-refractivity contribution in [3.8, 4) is 17.2 Å². The highest BCUT2D eigenvalue weighted by molar-refractivity contribution is 5.88. The number of carbonyl (C=O) groups is 2. The summed E-state index contributed by atoms with van der Waals surface area (Å²) in [6.45, 7) is 2.04. The lowest BCUT2D eigenvalue weighted by atomic mass is 9.95. The molecule has 0 saturated heterocycles. The van der Waals surface area contributed by atoms with Crippen LogP contribution in [-0.2, 0) is 16.1 Å². The van der Waals surface area contributed by atoms with Gasteiger partial charge in [-0.3, -0.25) is 9.59 Å². The van der Waals surface area contributed by atoms with Crippen LogP contribution < -0.4 is 19.5 Å². The van der Waals surface area contributed by atoms with E-state index in [1.807, 2.05) is 43.3 Å². The molecule has 2 amide bonds. The number of rotatable bonds is 11. The molecule has 1 saturated carbocycles. The van der Waals surface area contributed by atoms with Gasteiger partial charge in [0.25, 0.3) is 5.91 Å². The summed E-state index contributed by atoms with van der Waals surface area (Å²) in [5.74, 6) is 1.42. The number of carbonyl (C=O) groups excluding carboxylic acids is 2. The summed E-state index contributed by atoms with van der Waals surface area (Å²) in [6.07, 6.45) is 5.96. The lowest BCUT2D eigenvalue weighted by molar-refractivity contribution is -0.143. The zero-order chi connectivity index (χ0) is 24.3. The van der Waals surface area contributed by atoms with E-state index in [9.17, 15) is 9.59 Å². The predicted octanol–water partition coefficient (Wildman–Crippen LogP) is 4.34. The Morgan fingerprint density at radius 1 is 0.971 bits per heavy atom. The number of para-hydroxylation sites is 2. The third-order valence-electron chi connectivity index (χ3n) is 6.27. The molecule has 7 heteroatoms. The zero-order valence-electron chi connectivity index (χ0n) is 20.4. The summed E-state index contributed by atoms with van der Waals surface area (Å²) >= 11 is 0. The van der Waals surface area contributed by atoms with Gasteiger partial charge in [-0.05, 0) is 49.1 Å². The molecule has 0 aromatic heterocycles. The van der Waals surface area contributed by atoms with Gasteiger partial charge in [-0.2, -0.15) is 0 Å². The highest BCUT2D eigenvalue weighted by Gasteiger charge is 2.30. The minimum absolute atomic E-state index is 0.103. The fourth-order valence-corrected chi connectivity index (χ4v) is 4.35. The second kappa shape index (κ2) is 12.9. The molecule has 2 aromatic rings. The highest BCUT2D eigenvalue weighted by Crippen LogP contribution is 2.26. The maximum absolute atomic E-state index is 13.4. The summed E-state index contributed by atoms with van der Waals surface area (Å²) in [5.41, 5.74) is 0.912. The van der Waals surface area contributed by atoms with Crippen molar-refractivity contribution in [1.29, 1.82) is 0 Å². The molecule has 0 bridgehead atoms. The van der Waals surface area contributed by atoms with E-state index < -0.39 is 6.04 Å². The van der Waals surface area contributed by atoms with Crippen LogP contribution in [0.15, 0.2) is 48.5 Å². The van der Waals surface area contributed by atoms with Crippen molar-refractivity contribution >= 4 is 11.8 Å². The Kier molecular flexibility index (Phi) is 9.62. The molecule has 0 radical (unpaired) electrons. The maximum atomic E-state index is 13.4. The van der Waals surface area contributed by atoms with Gasteiger partial charge < -0.3 is 24.4 Å². The van der Waals surface area contributed by atoms with E-state index in [0.717, 1.165) is 37.0 Å². The van der Waals surface area contributed by atoms with Crippen LogP contribution in [0.1, 0.15) is 51.0 Å². The molecule has 184 valence electrons. The van der Waals surface area contributed by atoms with Crippen molar-refractivity contribution in [2.24, 2.45) is 0 Å². The van der Waals surface area contributed by atoms with E-state index in [-0.39, 0.29) is 24.5 Å². The number of hydrogen-bond donors (Lipinski definition) is 1. The average molecular weight is 469 g/mol. The smallest absolute Gasteiger partial charge is 0.261 e. The van der Waals surface area contributed by atoms with Crippen molar-refractivity contribution in [3.63, 3.8) is 0 Å². The molecule has 0 aliphatic heterocycles. The Hall–Kier alpha value is -3.22. The van der Waals surface area contributed by atoms with Crippen LogP contribution in [0, 0.1) is 0 Å². The van der Waals surface area contributed by atoms with Crippen LogP contribution in [-0.4, -0.2) is 49.6 Å². The standard InChI is InChI=1S/C27H36N2O5/c1-4-23(27(31)28-21-10-6-5-7-11-21)29(18-20-14-16-22(32-2)17-15-20)26(30)19-34-25-13-9-8-12-24(25)33-3/h8-9,12-17,21,23H,4-7,10-11,18-19H2,1-3H3,(H,28,31)/t23-/m0/s1. The van der Waals surface area contributed by atoms with Gasteiger partial charge in [0.05, 0.1) is 14.2 Å². The molecule has 0 heterocycles. The topological polar surface area (TPSA) is 77.1 Å². The number of hydrogen-bond acceptors (Lipinski definition) is 5. The van der Waals surface area contributed by atoms with E-state index in [1.54, 1.807) is 31.3 Å². The molecule has 7 nitrogen and oxygen atoms in total. The van der Waals surface area contributed by atoms with Crippen molar-refractivity contribution in [1.82, 2.24) is 10.2 Å². The van der Waals surface area contributed by atoms with Gasteiger partial charge in [0.2, 0.25) is 5.91 Å². The second-order valence-corrected chi connectivity index (χ2v) is 8.58. The van der Waals surface area contributed by atoms with Crippen LogP contribution in [0.4, 0.5) is 0 Å². The number of benzene rings is 2. The Morgan fingerprint density at radius 2 is 1.65 bits per heavy atom. The van der Waals surface area contributed by atoms with Crippen molar-refractivity contribution in [3.05, 3.63) is 54.1 Å². The zero-order valence-corrected chi connectivity index (χ0v) is 20.4. The predicted molar refractivity (Wildman–Crippen MR) is 131 cm³/mol. The molecule has 3 rings (SSSR count). The molecular weight excluding hydrogens is 432 g/mol. The monoisotopic (exact) mass is 468 g/mol. The van der Waals surface area contributed by atoms with Gasteiger partial charge >= 0.3 is 0 Å². The number of amides is 2. The summed E-state index contributed by atoms with van der Waals surface area (Å²) in [5, 5.41) is 3.19. The van der Waals surface area contributed by atoms with Gasteiger partial charge in [0.1, 0.15) is 11.8 Å². The van der Waals surface area contributed by atoms with Crippen molar-refractivity contribution in [2.45, 2.75) is 64.1 Å². The summed E-state index contributed by atoms with van der Waals surface area (Å²) in [6, 6.07) is 14.3. The lowest BCUT2D eigenvalue weighted by Crippen LogP contribution is -2.52. The lowest BCUT2D eigenvalue weighted by Gasteiger charge is -2.32. The fourth-order valence-electron chi connectivity index (χ4n) is 4.35. The molecular formula is C27H36N2O5. The molecule has 1 N–H and O–H groups in total. The Morgan fingerprint density at radius 3 is 2.26 bits per heavy atom. The molecule has 0 spiro atoms. The number of methoxy groups -OCH3 is 2. The van der Waals surface area contributed by atoms with Crippen LogP contribution in [0.3, 0.4) is 0 Å². The Labute approximate surface area is 202 Å². The quantitative estimate of drug-likeness (QED) is 0.531. The fraction of sp³-hybridized carbons (Fsp3) is 0.481. The normalized spacial score (nSPS) is 14.7. The Balaban J connectivity index is 1.77. The summed E-state index contributed by atoms with van der Waals surface area (Å²) < 4.78 is 16.4. The van der Waals surface area contributed by atoms with Gasteiger partial charge in [-0.25, -0.2) is 0 Å². The maximum Gasteiger partial charge on any atom is 0.261 e. The van der Waals surface area contributed by atoms with Gasteiger partial charge in [-0.15, -0.1) is 0 Å². The SMILES string of the molecule is CC[C@@H](C(=O)NC1CCCCC1)N(Cc1ccc(OC)cc1)C(=O)COc1ccccc1OC. The van der Waals surface area contributed by atoms with E-state index in [0.29, 0.717) is 24.5 Å². The molecule has 1 fully saturated rings. The van der Waals surface area contributed by atoms with E-state index in [4.69, 9.17) is 14.2 Å². The number of nitrogens with zero attached hydrogens (tertiary/aromatic N) is 1. The molecule has 34 heavy (non-hydrogen) atoms. The van der Waals surface area contributed by atoms with Gasteiger partial charge in [0, 0.05) is 12.6 Å². The summed E-state index contributed by atoms with van der Waals surface area (Å²) in [4.78, 5) is 28.3. The molecule has 0 unspecified atom stereocenters. The number of ether oxygens (including phenoxy) is 3. The van der Waals surface area contributed by atoms with Crippen molar-refractivity contribution < 1.29 is 23.8 Å². The average Bonchev–Trinajstić information content (AvgIpc) is 2.88. The van der Waals surface area contributed by atoms with E-state index in [1.165, 1.54) is 6.42 Å². The van der Waals surface area contributed by atoms with Crippen LogP contribution in [0.25, 0.3) is 0 Å². The first-order chi connectivity index (χ1) is 16.5. The molecule has 1 atom stereocenters. The van der Waals surface area contributed by atoms with Gasteiger partial charge in [0.15, 0.2) is 18.1 Å². The number of nitrogens with one attached hydrogen (secondary N) is 1.